The third kappa shape index (κ3) is 8.13. The van der Waals surface area contributed by atoms with Gasteiger partial charge < -0.3 is 4.98 Å². The maximum atomic E-state index is 11.7. The maximum Gasteiger partial charge on any atom is 0.180 e. The molecule has 1 aromatic heterocycles. The van der Waals surface area contributed by atoms with E-state index in [0.717, 1.165) is 6.42 Å². The average Bonchev–Trinajstić information content (AvgIpc) is 2.99. The second kappa shape index (κ2) is 11.7. The van der Waals surface area contributed by atoms with Crippen LogP contribution in [-0.2, 0) is 0 Å². The van der Waals surface area contributed by atoms with Crippen molar-refractivity contribution in [1.29, 1.82) is 0 Å². The highest BCUT2D eigenvalue weighted by molar-refractivity contribution is 5.93. The van der Waals surface area contributed by atoms with E-state index in [0.29, 0.717) is 12.1 Å². The number of imidazole rings is 1. The molecule has 1 heterocycles. The summed E-state index contributed by atoms with van der Waals surface area (Å²) in [6.07, 6.45) is 18.3. The van der Waals surface area contributed by atoms with Gasteiger partial charge in [-0.25, -0.2) is 4.98 Å². The Bertz CT molecular complexity index is 333. The summed E-state index contributed by atoms with van der Waals surface area (Å²) in [5.41, 5.74) is 0.650. The third-order valence-electron chi connectivity index (χ3n) is 3.81. The summed E-state index contributed by atoms with van der Waals surface area (Å²) in [5, 5.41) is 0. The van der Waals surface area contributed by atoms with Gasteiger partial charge in [-0.1, -0.05) is 71.1 Å². The summed E-state index contributed by atoms with van der Waals surface area (Å²) in [4.78, 5) is 18.4. The highest BCUT2D eigenvalue weighted by Gasteiger charge is 2.05. The van der Waals surface area contributed by atoms with Crippen molar-refractivity contribution in [2.75, 3.05) is 0 Å². The Morgan fingerprint density at radius 2 is 1.50 bits per heavy atom. The van der Waals surface area contributed by atoms with Crippen LogP contribution < -0.4 is 0 Å². The Labute approximate surface area is 123 Å². The normalized spacial score (nSPS) is 10.8. The van der Waals surface area contributed by atoms with Crippen LogP contribution in [0.25, 0.3) is 0 Å². The predicted molar refractivity (Wildman–Crippen MR) is 84.0 cm³/mol. The minimum Gasteiger partial charge on any atom is -0.342 e. The molecule has 0 aliphatic heterocycles. The van der Waals surface area contributed by atoms with Gasteiger partial charge in [-0.15, -0.1) is 0 Å². The van der Waals surface area contributed by atoms with E-state index in [1.54, 1.807) is 12.5 Å². The molecule has 1 aromatic rings. The van der Waals surface area contributed by atoms with E-state index >= 15 is 0 Å². The van der Waals surface area contributed by atoms with Gasteiger partial charge in [-0.05, 0) is 6.42 Å². The number of nitrogens with zero attached hydrogens (tertiary/aromatic N) is 1. The highest BCUT2D eigenvalue weighted by Crippen LogP contribution is 2.12. The summed E-state index contributed by atoms with van der Waals surface area (Å²) in [5.74, 6) is 0.193. The van der Waals surface area contributed by atoms with Crippen molar-refractivity contribution >= 4 is 5.78 Å². The summed E-state index contributed by atoms with van der Waals surface area (Å²) in [6, 6.07) is 0. The molecular formula is C17H30N2O. The molecule has 0 aliphatic rings. The van der Waals surface area contributed by atoms with E-state index in [2.05, 4.69) is 16.9 Å². The van der Waals surface area contributed by atoms with Crippen LogP contribution >= 0.6 is 0 Å². The first-order chi connectivity index (χ1) is 9.84. The summed E-state index contributed by atoms with van der Waals surface area (Å²) < 4.78 is 0. The quantitative estimate of drug-likeness (QED) is 0.393. The van der Waals surface area contributed by atoms with Crippen molar-refractivity contribution < 1.29 is 4.79 Å². The number of hydrogen-bond donors (Lipinski definition) is 1. The van der Waals surface area contributed by atoms with Crippen molar-refractivity contribution in [1.82, 2.24) is 9.97 Å². The molecule has 0 spiro atoms. The fourth-order valence-electron chi connectivity index (χ4n) is 2.49. The van der Waals surface area contributed by atoms with E-state index in [1.165, 1.54) is 64.2 Å². The van der Waals surface area contributed by atoms with E-state index < -0.39 is 0 Å². The van der Waals surface area contributed by atoms with Gasteiger partial charge in [0.2, 0.25) is 0 Å². The lowest BCUT2D eigenvalue weighted by atomic mass is 10.0. The van der Waals surface area contributed by atoms with Crippen LogP contribution in [0.2, 0.25) is 0 Å². The van der Waals surface area contributed by atoms with Crippen LogP contribution in [0.15, 0.2) is 12.5 Å². The first-order valence-electron chi connectivity index (χ1n) is 8.36. The minimum absolute atomic E-state index is 0.193. The van der Waals surface area contributed by atoms with E-state index in [9.17, 15) is 4.79 Å². The topological polar surface area (TPSA) is 45.8 Å². The molecule has 0 bridgehead atoms. The number of rotatable bonds is 13. The number of aromatic amines is 1. The Morgan fingerprint density at radius 3 is 2.00 bits per heavy atom. The third-order valence-corrected chi connectivity index (χ3v) is 3.81. The molecule has 0 aromatic carbocycles. The van der Waals surface area contributed by atoms with Crippen LogP contribution in [0, 0.1) is 0 Å². The Morgan fingerprint density at radius 1 is 0.950 bits per heavy atom. The zero-order valence-corrected chi connectivity index (χ0v) is 13.0. The molecular weight excluding hydrogens is 248 g/mol. The largest absolute Gasteiger partial charge is 0.342 e. The number of aromatic nitrogens is 2. The van der Waals surface area contributed by atoms with Gasteiger partial charge in [0, 0.05) is 6.42 Å². The molecule has 0 saturated heterocycles. The average molecular weight is 278 g/mol. The molecule has 0 unspecified atom stereocenters. The van der Waals surface area contributed by atoms with Gasteiger partial charge >= 0.3 is 0 Å². The van der Waals surface area contributed by atoms with Crippen LogP contribution in [0.5, 0.6) is 0 Å². The van der Waals surface area contributed by atoms with Crippen molar-refractivity contribution in [3.63, 3.8) is 0 Å². The number of carbonyl (C=O) groups excluding carboxylic acids is 1. The van der Waals surface area contributed by atoms with Crippen LogP contribution in [0.3, 0.4) is 0 Å². The molecule has 0 saturated carbocycles. The Kier molecular flexibility index (Phi) is 9.89. The number of Topliss-reactive ketones (excluding diaryl/α,β-unsaturated/α-hetero) is 1. The number of carbonyl (C=O) groups is 1. The molecule has 3 heteroatoms. The fraction of sp³-hybridized carbons (Fsp3) is 0.765. The van der Waals surface area contributed by atoms with Gasteiger partial charge in [-0.3, -0.25) is 4.79 Å². The standard InChI is InChI=1S/C17H30N2O/c1-2-3-4-5-6-7-8-9-10-11-12-13-17(20)16-14-18-15-19-16/h14-15H,2-13H2,1H3,(H,18,19). The molecule has 114 valence electrons. The number of unbranched alkanes of at least 4 members (excludes halogenated alkanes) is 10. The van der Waals surface area contributed by atoms with Crippen molar-refractivity contribution in [2.24, 2.45) is 0 Å². The molecule has 0 atom stereocenters. The van der Waals surface area contributed by atoms with E-state index in [4.69, 9.17) is 0 Å². The molecule has 1 rings (SSSR count). The SMILES string of the molecule is CCCCCCCCCCCCCC(=O)c1cnc[nH]1. The maximum absolute atomic E-state index is 11.7. The molecule has 20 heavy (non-hydrogen) atoms. The minimum atomic E-state index is 0.193. The molecule has 0 fully saturated rings. The zero-order chi connectivity index (χ0) is 14.5. The number of nitrogens with one attached hydrogen (secondary N) is 1. The second-order valence-electron chi connectivity index (χ2n) is 5.67. The summed E-state index contributed by atoms with van der Waals surface area (Å²) >= 11 is 0. The lowest BCUT2D eigenvalue weighted by Gasteiger charge is -2.02. The smallest absolute Gasteiger partial charge is 0.180 e. The molecule has 0 amide bonds. The highest BCUT2D eigenvalue weighted by atomic mass is 16.1. The first-order valence-corrected chi connectivity index (χ1v) is 8.36. The van der Waals surface area contributed by atoms with Gasteiger partial charge in [0.25, 0.3) is 0 Å². The molecule has 0 aliphatic carbocycles. The van der Waals surface area contributed by atoms with Gasteiger partial charge in [0.05, 0.1) is 12.5 Å². The van der Waals surface area contributed by atoms with Crippen LogP contribution in [-0.4, -0.2) is 15.8 Å². The lowest BCUT2D eigenvalue weighted by molar-refractivity contribution is 0.0975. The Hall–Kier alpha value is -1.12. The first kappa shape index (κ1) is 16.9. The van der Waals surface area contributed by atoms with Gasteiger partial charge in [0.1, 0.15) is 5.69 Å². The van der Waals surface area contributed by atoms with Crippen LogP contribution in [0.4, 0.5) is 0 Å². The van der Waals surface area contributed by atoms with Crippen molar-refractivity contribution in [2.45, 2.75) is 84.0 Å². The molecule has 3 nitrogen and oxygen atoms in total. The number of hydrogen-bond acceptors (Lipinski definition) is 2. The van der Waals surface area contributed by atoms with Crippen LogP contribution in [0.1, 0.15) is 94.5 Å². The lowest BCUT2D eigenvalue weighted by Crippen LogP contribution is -1.98. The van der Waals surface area contributed by atoms with Gasteiger partial charge in [0.15, 0.2) is 5.78 Å². The predicted octanol–water partition coefficient (Wildman–Crippen LogP) is 5.29. The van der Waals surface area contributed by atoms with Crippen molar-refractivity contribution in [3.05, 3.63) is 18.2 Å². The van der Waals surface area contributed by atoms with E-state index in [-0.39, 0.29) is 5.78 Å². The fourth-order valence-corrected chi connectivity index (χ4v) is 2.49. The second-order valence-corrected chi connectivity index (χ2v) is 5.67. The summed E-state index contributed by atoms with van der Waals surface area (Å²) in [6.45, 7) is 2.26. The number of H-pyrrole nitrogens is 1. The Balaban J connectivity index is 1.82. The van der Waals surface area contributed by atoms with Gasteiger partial charge in [-0.2, -0.15) is 0 Å². The molecule has 1 N–H and O–H groups in total. The van der Waals surface area contributed by atoms with E-state index in [1.807, 2.05) is 0 Å². The summed E-state index contributed by atoms with van der Waals surface area (Å²) in [7, 11) is 0. The zero-order valence-electron chi connectivity index (χ0n) is 13.0. The monoisotopic (exact) mass is 278 g/mol. The molecule has 0 radical (unpaired) electrons. The van der Waals surface area contributed by atoms with Crippen molar-refractivity contribution in [3.8, 4) is 0 Å². The number of ketones is 1.